The highest BCUT2D eigenvalue weighted by atomic mass is 16.2. The van der Waals surface area contributed by atoms with Crippen LogP contribution in [-0.2, 0) is 4.79 Å². The summed E-state index contributed by atoms with van der Waals surface area (Å²) in [5.74, 6) is 2.13. The molecule has 0 radical (unpaired) electrons. The lowest BCUT2D eigenvalue weighted by Crippen LogP contribution is -2.38. The molecule has 0 aliphatic heterocycles. The highest BCUT2D eigenvalue weighted by Crippen LogP contribution is 1.79. The number of nitrogens with two attached hydrogens (primary N) is 2. The van der Waals surface area contributed by atoms with Crippen LogP contribution in [0, 0.1) is 12.3 Å². The van der Waals surface area contributed by atoms with Gasteiger partial charge in [0, 0.05) is 6.54 Å². The van der Waals surface area contributed by atoms with E-state index >= 15 is 0 Å². The Labute approximate surface area is 78.4 Å². The maximum atomic E-state index is 10.9. The molecule has 2 unspecified atom stereocenters. The predicted molar refractivity (Wildman–Crippen MR) is 52.6 cm³/mol. The Hall–Kier alpha value is -1.31. The Bertz CT molecular complexity index is 228. The van der Waals surface area contributed by atoms with E-state index in [-0.39, 0.29) is 5.91 Å². The fraction of sp³-hybridized carbons (Fsp3) is 0.444. The molecule has 13 heavy (non-hydrogen) atoms. The van der Waals surface area contributed by atoms with Crippen LogP contribution in [0.4, 0.5) is 0 Å². The van der Waals surface area contributed by atoms with Gasteiger partial charge in [-0.05, 0) is 6.92 Å². The van der Waals surface area contributed by atoms with Crippen LogP contribution in [0.25, 0.3) is 0 Å². The van der Waals surface area contributed by atoms with E-state index in [0.29, 0.717) is 6.54 Å². The van der Waals surface area contributed by atoms with E-state index in [1.165, 1.54) is 0 Å². The van der Waals surface area contributed by atoms with Gasteiger partial charge in [-0.15, -0.1) is 6.42 Å². The van der Waals surface area contributed by atoms with Gasteiger partial charge < -0.3 is 16.8 Å². The first-order chi connectivity index (χ1) is 6.07. The van der Waals surface area contributed by atoms with Crippen molar-refractivity contribution < 1.29 is 4.79 Å². The Morgan fingerprint density at radius 1 is 1.69 bits per heavy atom. The molecular weight excluding hydrogens is 166 g/mol. The lowest BCUT2D eigenvalue weighted by molar-refractivity contribution is -0.121. The summed E-state index contributed by atoms with van der Waals surface area (Å²) in [4.78, 5) is 10.9. The second-order valence-corrected chi connectivity index (χ2v) is 2.65. The van der Waals surface area contributed by atoms with Gasteiger partial charge in [-0.25, -0.2) is 0 Å². The van der Waals surface area contributed by atoms with Crippen LogP contribution >= 0.6 is 0 Å². The van der Waals surface area contributed by atoms with E-state index in [9.17, 15) is 4.79 Å². The number of terminal acetylenes is 1. The van der Waals surface area contributed by atoms with E-state index in [2.05, 4.69) is 11.2 Å². The summed E-state index contributed by atoms with van der Waals surface area (Å²) in [7, 11) is 0. The third-order valence-electron chi connectivity index (χ3n) is 1.34. The largest absolute Gasteiger partial charge is 0.351 e. The molecule has 0 aromatic rings. The monoisotopic (exact) mass is 181 g/mol. The zero-order valence-corrected chi connectivity index (χ0v) is 7.66. The standard InChI is InChI=1S/C9H15N3O/c1-3-8(11)5-4-6-12-9(13)7(2)10/h1,4-5,7-8H,6,10-11H2,2H3,(H,12,13). The molecule has 4 nitrogen and oxygen atoms in total. The number of rotatable bonds is 4. The van der Waals surface area contributed by atoms with Crippen LogP contribution in [0.15, 0.2) is 12.2 Å². The van der Waals surface area contributed by atoms with Gasteiger partial charge in [0.1, 0.15) is 0 Å². The molecule has 4 heteroatoms. The van der Waals surface area contributed by atoms with Gasteiger partial charge in [0.05, 0.1) is 12.1 Å². The summed E-state index contributed by atoms with van der Waals surface area (Å²) in [6, 6.07) is -0.887. The van der Waals surface area contributed by atoms with Crippen LogP contribution in [0.2, 0.25) is 0 Å². The third-order valence-corrected chi connectivity index (χ3v) is 1.34. The second-order valence-electron chi connectivity index (χ2n) is 2.65. The summed E-state index contributed by atoms with van der Waals surface area (Å²) < 4.78 is 0. The fourth-order valence-corrected chi connectivity index (χ4v) is 0.591. The molecule has 0 heterocycles. The lowest BCUT2D eigenvalue weighted by atomic mass is 10.3. The van der Waals surface area contributed by atoms with E-state index in [1.807, 2.05) is 0 Å². The molecule has 0 fully saturated rings. The minimum absolute atomic E-state index is 0.195. The van der Waals surface area contributed by atoms with Crippen molar-refractivity contribution in [3.63, 3.8) is 0 Å². The molecule has 0 aliphatic rings. The van der Waals surface area contributed by atoms with Crippen molar-refractivity contribution in [1.29, 1.82) is 0 Å². The summed E-state index contributed by atoms with van der Waals surface area (Å²) in [5, 5.41) is 2.59. The Morgan fingerprint density at radius 2 is 2.31 bits per heavy atom. The summed E-state index contributed by atoms with van der Waals surface area (Å²) in [6.07, 6.45) is 8.37. The number of carbonyl (C=O) groups is 1. The number of nitrogens with one attached hydrogen (secondary N) is 1. The molecule has 0 bridgehead atoms. The quantitative estimate of drug-likeness (QED) is 0.383. The molecule has 0 saturated carbocycles. The van der Waals surface area contributed by atoms with Crippen molar-refractivity contribution in [3.05, 3.63) is 12.2 Å². The Balaban J connectivity index is 3.63. The van der Waals surface area contributed by atoms with Gasteiger partial charge in [0.25, 0.3) is 0 Å². The van der Waals surface area contributed by atoms with E-state index in [0.717, 1.165) is 0 Å². The fourth-order valence-electron chi connectivity index (χ4n) is 0.591. The van der Waals surface area contributed by atoms with Crippen LogP contribution in [0.3, 0.4) is 0 Å². The number of hydrogen-bond donors (Lipinski definition) is 3. The average Bonchev–Trinajstić information content (AvgIpc) is 2.11. The highest BCUT2D eigenvalue weighted by molar-refractivity contribution is 5.81. The summed E-state index contributed by atoms with van der Waals surface area (Å²) in [6.45, 7) is 2.02. The second kappa shape index (κ2) is 6.23. The maximum Gasteiger partial charge on any atom is 0.236 e. The van der Waals surface area contributed by atoms with Gasteiger partial charge in [0.2, 0.25) is 5.91 Å². The first-order valence-electron chi connectivity index (χ1n) is 3.99. The normalized spacial score (nSPS) is 14.9. The van der Waals surface area contributed by atoms with Gasteiger partial charge in [-0.3, -0.25) is 4.79 Å². The predicted octanol–water partition coefficient (Wildman–Crippen LogP) is -1.03. The van der Waals surface area contributed by atoms with Crippen LogP contribution in [-0.4, -0.2) is 24.5 Å². The molecule has 1 amide bonds. The molecule has 0 saturated heterocycles. The number of carbonyl (C=O) groups excluding carboxylic acids is 1. The van der Waals surface area contributed by atoms with Crippen LogP contribution < -0.4 is 16.8 Å². The highest BCUT2D eigenvalue weighted by Gasteiger charge is 2.03. The van der Waals surface area contributed by atoms with Gasteiger partial charge in [0.15, 0.2) is 0 Å². The SMILES string of the molecule is C#CC(N)C=CCNC(=O)C(C)N. The average molecular weight is 181 g/mol. The zero-order valence-electron chi connectivity index (χ0n) is 7.66. The van der Waals surface area contributed by atoms with Crippen molar-refractivity contribution in [2.24, 2.45) is 11.5 Å². The molecule has 2 atom stereocenters. The van der Waals surface area contributed by atoms with Crippen LogP contribution in [0.1, 0.15) is 6.92 Å². The van der Waals surface area contributed by atoms with Crippen molar-refractivity contribution >= 4 is 5.91 Å². The van der Waals surface area contributed by atoms with Gasteiger partial charge >= 0.3 is 0 Å². The van der Waals surface area contributed by atoms with Gasteiger partial charge in [-0.2, -0.15) is 0 Å². The molecular formula is C9H15N3O. The number of amides is 1. The zero-order chi connectivity index (χ0) is 10.3. The molecule has 0 rings (SSSR count). The smallest absolute Gasteiger partial charge is 0.236 e. The molecule has 0 aliphatic carbocycles. The Kier molecular flexibility index (Phi) is 5.60. The molecule has 0 aromatic heterocycles. The minimum atomic E-state index is -0.491. The van der Waals surface area contributed by atoms with E-state index in [1.54, 1.807) is 19.1 Å². The molecule has 5 N–H and O–H groups in total. The summed E-state index contributed by atoms with van der Waals surface area (Å²) >= 11 is 0. The third kappa shape index (κ3) is 5.91. The van der Waals surface area contributed by atoms with Crippen molar-refractivity contribution in [2.75, 3.05) is 6.54 Å². The van der Waals surface area contributed by atoms with E-state index < -0.39 is 12.1 Å². The first-order valence-corrected chi connectivity index (χ1v) is 3.99. The molecule has 72 valence electrons. The lowest BCUT2D eigenvalue weighted by Gasteiger charge is -2.04. The van der Waals surface area contributed by atoms with Crippen molar-refractivity contribution in [2.45, 2.75) is 19.0 Å². The maximum absolute atomic E-state index is 10.9. The first kappa shape index (κ1) is 11.7. The molecule has 0 spiro atoms. The van der Waals surface area contributed by atoms with E-state index in [4.69, 9.17) is 17.9 Å². The Morgan fingerprint density at radius 3 is 2.77 bits per heavy atom. The van der Waals surface area contributed by atoms with Gasteiger partial charge in [-0.1, -0.05) is 18.1 Å². The number of hydrogen-bond acceptors (Lipinski definition) is 3. The molecule has 0 aromatic carbocycles. The van der Waals surface area contributed by atoms with Crippen molar-refractivity contribution in [3.8, 4) is 12.3 Å². The van der Waals surface area contributed by atoms with Crippen LogP contribution in [0.5, 0.6) is 0 Å². The van der Waals surface area contributed by atoms with Crippen molar-refractivity contribution in [1.82, 2.24) is 5.32 Å². The minimum Gasteiger partial charge on any atom is -0.351 e. The summed E-state index contributed by atoms with van der Waals surface area (Å²) in [5.41, 5.74) is 10.7. The topological polar surface area (TPSA) is 81.1 Å².